The van der Waals surface area contributed by atoms with Crippen LogP contribution in [0.5, 0.6) is 0 Å². The standard InChI is InChI=1S/C8H12N4O2S/c1-11-4-7(12(13)14)8(10-11)9-6-2-3-15-5-6/h4,6H,2-3,5H2,1H3,(H,9,10). The van der Waals surface area contributed by atoms with Gasteiger partial charge in [-0.05, 0) is 12.2 Å². The van der Waals surface area contributed by atoms with Gasteiger partial charge in [0.2, 0.25) is 5.82 Å². The molecule has 2 heterocycles. The molecule has 1 unspecified atom stereocenters. The maximum absolute atomic E-state index is 10.7. The molecule has 0 amide bonds. The molecule has 1 aromatic heterocycles. The lowest BCUT2D eigenvalue weighted by Crippen LogP contribution is -2.19. The largest absolute Gasteiger partial charge is 0.359 e. The molecule has 7 heteroatoms. The Morgan fingerprint density at radius 3 is 3.20 bits per heavy atom. The first-order chi connectivity index (χ1) is 7.16. The summed E-state index contributed by atoms with van der Waals surface area (Å²) in [6.45, 7) is 0. The highest BCUT2D eigenvalue weighted by Gasteiger charge is 2.23. The van der Waals surface area contributed by atoms with E-state index in [0.29, 0.717) is 11.9 Å². The number of rotatable bonds is 3. The van der Waals surface area contributed by atoms with Crippen LogP contribution in [-0.2, 0) is 7.05 Å². The Labute approximate surface area is 91.2 Å². The van der Waals surface area contributed by atoms with Crippen LogP contribution in [0.15, 0.2) is 6.20 Å². The highest BCUT2D eigenvalue weighted by molar-refractivity contribution is 7.99. The van der Waals surface area contributed by atoms with E-state index in [1.54, 1.807) is 7.05 Å². The van der Waals surface area contributed by atoms with Crippen molar-refractivity contribution in [3.8, 4) is 0 Å². The first-order valence-electron chi connectivity index (χ1n) is 4.69. The minimum Gasteiger partial charge on any atom is -0.359 e. The maximum atomic E-state index is 10.7. The summed E-state index contributed by atoms with van der Waals surface area (Å²) < 4.78 is 1.46. The Bertz CT molecular complexity index is 373. The summed E-state index contributed by atoms with van der Waals surface area (Å²) in [6.07, 6.45) is 2.46. The number of thioether (sulfide) groups is 1. The van der Waals surface area contributed by atoms with Gasteiger partial charge in [-0.15, -0.1) is 5.10 Å². The van der Waals surface area contributed by atoms with Gasteiger partial charge in [-0.2, -0.15) is 11.8 Å². The van der Waals surface area contributed by atoms with Gasteiger partial charge in [-0.1, -0.05) is 0 Å². The first-order valence-corrected chi connectivity index (χ1v) is 5.84. The lowest BCUT2D eigenvalue weighted by molar-refractivity contribution is -0.384. The molecule has 82 valence electrons. The van der Waals surface area contributed by atoms with E-state index in [4.69, 9.17) is 0 Å². The molecule has 1 N–H and O–H groups in total. The van der Waals surface area contributed by atoms with Crippen LogP contribution < -0.4 is 5.32 Å². The van der Waals surface area contributed by atoms with Crippen LogP contribution in [0.3, 0.4) is 0 Å². The van der Waals surface area contributed by atoms with E-state index in [1.807, 2.05) is 11.8 Å². The second kappa shape index (κ2) is 4.09. The van der Waals surface area contributed by atoms with E-state index in [0.717, 1.165) is 17.9 Å². The molecule has 0 aromatic carbocycles. The third-order valence-corrected chi connectivity index (χ3v) is 3.44. The van der Waals surface area contributed by atoms with E-state index in [9.17, 15) is 10.1 Å². The zero-order valence-electron chi connectivity index (χ0n) is 8.34. The smallest absolute Gasteiger partial charge is 0.330 e. The Hall–Kier alpha value is -1.24. The fraction of sp³-hybridized carbons (Fsp3) is 0.625. The molecule has 1 aliphatic rings. The fourth-order valence-corrected chi connectivity index (χ4v) is 2.71. The summed E-state index contributed by atoms with van der Waals surface area (Å²) >= 11 is 1.86. The summed E-state index contributed by atoms with van der Waals surface area (Å²) in [6, 6.07) is 0.309. The Kier molecular flexibility index (Phi) is 2.81. The minimum absolute atomic E-state index is 0.0504. The average Bonchev–Trinajstić information content (AvgIpc) is 2.75. The molecule has 0 radical (unpaired) electrons. The van der Waals surface area contributed by atoms with Crippen LogP contribution in [0.25, 0.3) is 0 Å². The van der Waals surface area contributed by atoms with Crippen molar-refractivity contribution in [2.45, 2.75) is 12.5 Å². The molecular weight excluding hydrogens is 216 g/mol. The van der Waals surface area contributed by atoms with Crippen molar-refractivity contribution >= 4 is 23.3 Å². The molecule has 0 saturated carbocycles. The van der Waals surface area contributed by atoms with Gasteiger partial charge in [0, 0.05) is 18.8 Å². The summed E-state index contributed by atoms with van der Waals surface area (Å²) in [7, 11) is 1.68. The third-order valence-electron chi connectivity index (χ3n) is 2.28. The zero-order chi connectivity index (χ0) is 10.8. The molecular formula is C8H12N4O2S. The summed E-state index contributed by atoms with van der Waals surface area (Å²) in [5, 5.41) is 17.9. The molecule has 1 aromatic rings. The van der Waals surface area contributed by atoms with Crippen LogP contribution in [0, 0.1) is 10.1 Å². The first kappa shape index (κ1) is 10.3. The second-order valence-corrected chi connectivity index (χ2v) is 4.65. The van der Waals surface area contributed by atoms with Gasteiger partial charge in [0.15, 0.2) is 0 Å². The number of nitrogens with one attached hydrogen (secondary N) is 1. The van der Waals surface area contributed by atoms with Gasteiger partial charge < -0.3 is 5.32 Å². The number of nitro groups is 1. The molecule has 2 rings (SSSR count). The summed E-state index contributed by atoms with van der Waals surface area (Å²) in [5.74, 6) is 2.49. The lowest BCUT2D eigenvalue weighted by atomic mass is 10.2. The lowest BCUT2D eigenvalue weighted by Gasteiger charge is -2.08. The summed E-state index contributed by atoms with van der Waals surface area (Å²) in [4.78, 5) is 10.3. The topological polar surface area (TPSA) is 73.0 Å². The highest BCUT2D eigenvalue weighted by Crippen LogP contribution is 2.26. The Morgan fingerprint density at radius 2 is 2.60 bits per heavy atom. The number of aromatic nitrogens is 2. The monoisotopic (exact) mass is 228 g/mol. The number of nitrogens with zero attached hydrogens (tertiary/aromatic N) is 3. The van der Waals surface area contributed by atoms with Crippen LogP contribution in [0.2, 0.25) is 0 Å². The van der Waals surface area contributed by atoms with Crippen molar-refractivity contribution < 1.29 is 4.92 Å². The number of hydrogen-bond donors (Lipinski definition) is 1. The zero-order valence-corrected chi connectivity index (χ0v) is 9.16. The van der Waals surface area contributed by atoms with E-state index < -0.39 is 4.92 Å². The van der Waals surface area contributed by atoms with Gasteiger partial charge in [-0.25, -0.2) is 0 Å². The van der Waals surface area contributed by atoms with E-state index in [1.165, 1.54) is 10.9 Å². The Morgan fingerprint density at radius 1 is 1.80 bits per heavy atom. The van der Waals surface area contributed by atoms with Crippen LogP contribution in [0.1, 0.15) is 6.42 Å². The van der Waals surface area contributed by atoms with Crippen molar-refractivity contribution in [1.29, 1.82) is 0 Å². The van der Waals surface area contributed by atoms with Crippen LogP contribution in [0.4, 0.5) is 11.5 Å². The van der Waals surface area contributed by atoms with E-state index in [2.05, 4.69) is 10.4 Å². The van der Waals surface area contributed by atoms with Gasteiger partial charge in [-0.3, -0.25) is 14.8 Å². The third kappa shape index (κ3) is 2.23. The van der Waals surface area contributed by atoms with Gasteiger partial charge in [0.1, 0.15) is 6.20 Å². The number of hydrogen-bond acceptors (Lipinski definition) is 5. The van der Waals surface area contributed by atoms with Crippen molar-refractivity contribution in [1.82, 2.24) is 9.78 Å². The fourth-order valence-electron chi connectivity index (χ4n) is 1.55. The Balaban J connectivity index is 2.15. The molecule has 0 bridgehead atoms. The average molecular weight is 228 g/mol. The van der Waals surface area contributed by atoms with Gasteiger partial charge in [0.05, 0.1) is 4.92 Å². The van der Waals surface area contributed by atoms with E-state index in [-0.39, 0.29) is 5.69 Å². The van der Waals surface area contributed by atoms with Gasteiger partial charge >= 0.3 is 5.69 Å². The predicted molar refractivity (Wildman–Crippen MR) is 59.2 cm³/mol. The number of anilines is 1. The van der Waals surface area contributed by atoms with Crippen LogP contribution >= 0.6 is 11.8 Å². The van der Waals surface area contributed by atoms with Crippen LogP contribution in [-0.4, -0.2) is 32.3 Å². The van der Waals surface area contributed by atoms with Gasteiger partial charge in [0.25, 0.3) is 0 Å². The normalized spacial score (nSPS) is 20.5. The number of aryl methyl sites for hydroxylation is 1. The molecule has 6 nitrogen and oxygen atoms in total. The molecule has 1 fully saturated rings. The highest BCUT2D eigenvalue weighted by atomic mass is 32.2. The van der Waals surface area contributed by atoms with E-state index >= 15 is 0 Å². The SMILES string of the molecule is Cn1cc([N+](=O)[O-])c(NC2CCSC2)n1. The quantitative estimate of drug-likeness (QED) is 0.622. The molecule has 1 atom stereocenters. The van der Waals surface area contributed by atoms with Crippen molar-refractivity contribution in [2.24, 2.45) is 7.05 Å². The molecule has 0 aliphatic carbocycles. The van der Waals surface area contributed by atoms with Crippen molar-refractivity contribution in [2.75, 3.05) is 16.8 Å². The molecule has 1 saturated heterocycles. The maximum Gasteiger partial charge on any atom is 0.330 e. The molecule has 15 heavy (non-hydrogen) atoms. The predicted octanol–water partition coefficient (Wildman–Crippen LogP) is 1.25. The van der Waals surface area contributed by atoms with Crippen molar-refractivity contribution in [3.63, 3.8) is 0 Å². The molecule has 1 aliphatic heterocycles. The van der Waals surface area contributed by atoms with Crippen molar-refractivity contribution in [3.05, 3.63) is 16.3 Å². The second-order valence-electron chi connectivity index (χ2n) is 3.50. The summed E-state index contributed by atoms with van der Waals surface area (Å²) in [5.41, 5.74) is 0.0504. The minimum atomic E-state index is -0.405. The molecule has 0 spiro atoms.